The van der Waals surface area contributed by atoms with Crippen molar-refractivity contribution >= 4 is 5.91 Å². The summed E-state index contributed by atoms with van der Waals surface area (Å²) in [5.74, 6) is 0.343. The number of carbonyl (C=O) groups excluding carboxylic acids is 1. The molecule has 0 aliphatic rings. The van der Waals surface area contributed by atoms with E-state index in [4.69, 9.17) is 4.52 Å². The zero-order chi connectivity index (χ0) is 17.8. The van der Waals surface area contributed by atoms with E-state index in [-0.39, 0.29) is 17.2 Å². The molecule has 0 atom stereocenters. The maximum atomic E-state index is 12.2. The number of phenols is 1. The molecule has 1 aromatic carbocycles. The lowest BCUT2D eigenvalue weighted by atomic mass is 10.1. The van der Waals surface area contributed by atoms with Crippen LogP contribution in [-0.2, 0) is 6.42 Å². The number of nitrogens with one attached hydrogen (secondary N) is 1. The van der Waals surface area contributed by atoms with Crippen LogP contribution in [0, 0.1) is 13.8 Å². The van der Waals surface area contributed by atoms with Crippen molar-refractivity contribution in [2.24, 2.45) is 0 Å². The van der Waals surface area contributed by atoms with Crippen molar-refractivity contribution in [3.63, 3.8) is 0 Å². The number of hydrogen-bond acceptors (Lipinski definition) is 7. The summed E-state index contributed by atoms with van der Waals surface area (Å²) in [4.78, 5) is 12.2. The van der Waals surface area contributed by atoms with E-state index < -0.39 is 0 Å². The summed E-state index contributed by atoms with van der Waals surface area (Å²) in [6, 6.07) is 4.64. The maximum Gasteiger partial charge on any atom is 0.255 e. The van der Waals surface area contributed by atoms with E-state index in [2.05, 4.69) is 26.0 Å². The molecule has 25 heavy (non-hydrogen) atoms. The molecule has 130 valence electrons. The summed E-state index contributed by atoms with van der Waals surface area (Å²) in [5, 5.41) is 27.6. The standard InChI is InChI=1S/C16H18N6O3/c1-10-13(11(2)25-19-10)4-3-7-17-16(24)14-6-5-12(8-15(14)23)22-9-18-20-21-22/h5-6,8-9,23H,3-4,7H2,1-2H3,(H,17,24). The highest BCUT2D eigenvalue weighted by atomic mass is 16.5. The highest BCUT2D eigenvalue weighted by Crippen LogP contribution is 2.20. The molecule has 0 aliphatic heterocycles. The predicted octanol–water partition coefficient (Wildman–Crippen LogP) is 1.34. The summed E-state index contributed by atoms with van der Waals surface area (Å²) in [7, 11) is 0. The molecule has 3 aromatic rings. The van der Waals surface area contributed by atoms with Crippen LogP contribution in [0.1, 0.15) is 33.8 Å². The van der Waals surface area contributed by atoms with Crippen molar-refractivity contribution in [1.82, 2.24) is 30.7 Å². The van der Waals surface area contributed by atoms with Crippen LogP contribution in [-0.4, -0.2) is 42.9 Å². The SMILES string of the molecule is Cc1noc(C)c1CCCNC(=O)c1ccc(-n2cnnn2)cc1O. The third-order valence-electron chi connectivity index (χ3n) is 3.91. The molecule has 2 heterocycles. The summed E-state index contributed by atoms with van der Waals surface area (Å²) in [5.41, 5.74) is 2.72. The molecule has 0 unspecified atom stereocenters. The number of hydrogen-bond donors (Lipinski definition) is 2. The first-order chi connectivity index (χ1) is 12.1. The van der Waals surface area contributed by atoms with Gasteiger partial charge in [0.25, 0.3) is 5.91 Å². The van der Waals surface area contributed by atoms with Gasteiger partial charge in [0.15, 0.2) is 0 Å². The third kappa shape index (κ3) is 3.65. The minimum absolute atomic E-state index is 0.128. The van der Waals surface area contributed by atoms with Crippen molar-refractivity contribution in [3.05, 3.63) is 47.1 Å². The van der Waals surface area contributed by atoms with Gasteiger partial charge in [-0.05, 0) is 49.2 Å². The second-order valence-corrected chi connectivity index (χ2v) is 5.62. The molecule has 9 heteroatoms. The van der Waals surface area contributed by atoms with Crippen LogP contribution in [0.25, 0.3) is 5.69 Å². The number of aryl methyl sites for hydroxylation is 2. The molecular formula is C16H18N6O3. The van der Waals surface area contributed by atoms with Gasteiger partial charge in [0.1, 0.15) is 17.8 Å². The molecule has 9 nitrogen and oxygen atoms in total. The van der Waals surface area contributed by atoms with E-state index in [1.54, 1.807) is 6.07 Å². The zero-order valence-corrected chi connectivity index (χ0v) is 13.9. The second kappa shape index (κ2) is 7.12. The average molecular weight is 342 g/mol. The van der Waals surface area contributed by atoms with Crippen molar-refractivity contribution in [2.45, 2.75) is 26.7 Å². The van der Waals surface area contributed by atoms with E-state index in [1.165, 1.54) is 23.1 Å². The Hall–Kier alpha value is -3.23. The van der Waals surface area contributed by atoms with E-state index in [1.807, 2.05) is 13.8 Å². The average Bonchev–Trinajstić information content (AvgIpc) is 3.23. The van der Waals surface area contributed by atoms with Crippen molar-refractivity contribution in [2.75, 3.05) is 6.54 Å². The number of benzene rings is 1. The van der Waals surface area contributed by atoms with Crippen molar-refractivity contribution < 1.29 is 14.4 Å². The van der Waals surface area contributed by atoms with Crippen LogP contribution < -0.4 is 5.32 Å². The first-order valence-corrected chi connectivity index (χ1v) is 7.82. The van der Waals surface area contributed by atoms with Gasteiger partial charge in [-0.2, -0.15) is 0 Å². The van der Waals surface area contributed by atoms with Gasteiger partial charge in [0.2, 0.25) is 0 Å². The van der Waals surface area contributed by atoms with Gasteiger partial charge in [-0.25, -0.2) is 4.68 Å². The molecule has 0 saturated carbocycles. The number of tetrazole rings is 1. The molecular weight excluding hydrogens is 324 g/mol. The van der Waals surface area contributed by atoms with Crippen LogP contribution >= 0.6 is 0 Å². The predicted molar refractivity (Wildman–Crippen MR) is 87.5 cm³/mol. The summed E-state index contributed by atoms with van der Waals surface area (Å²) in [6.45, 7) is 4.25. The molecule has 0 bridgehead atoms. The lowest BCUT2D eigenvalue weighted by Crippen LogP contribution is -2.25. The molecule has 0 spiro atoms. The molecule has 0 saturated heterocycles. The lowest BCUT2D eigenvalue weighted by molar-refractivity contribution is 0.0950. The number of phenolic OH excluding ortho intramolecular Hbond substituents is 1. The Kier molecular flexibility index (Phi) is 4.73. The largest absolute Gasteiger partial charge is 0.507 e. The van der Waals surface area contributed by atoms with E-state index in [0.717, 1.165) is 29.9 Å². The van der Waals surface area contributed by atoms with Crippen LogP contribution in [0.15, 0.2) is 29.0 Å². The first kappa shape index (κ1) is 16.6. The van der Waals surface area contributed by atoms with Gasteiger partial charge < -0.3 is 14.9 Å². The topological polar surface area (TPSA) is 119 Å². The van der Waals surface area contributed by atoms with Gasteiger partial charge in [0, 0.05) is 18.2 Å². The Morgan fingerprint density at radius 3 is 2.84 bits per heavy atom. The molecule has 0 fully saturated rings. The lowest BCUT2D eigenvalue weighted by Gasteiger charge is -2.08. The highest BCUT2D eigenvalue weighted by molar-refractivity contribution is 5.97. The van der Waals surface area contributed by atoms with Crippen LogP contribution in [0.4, 0.5) is 0 Å². The molecule has 0 radical (unpaired) electrons. The number of aromatic nitrogens is 5. The number of amides is 1. The summed E-state index contributed by atoms with van der Waals surface area (Å²) < 4.78 is 6.51. The second-order valence-electron chi connectivity index (χ2n) is 5.62. The Labute approximate surface area is 143 Å². The number of carbonyl (C=O) groups is 1. The smallest absolute Gasteiger partial charge is 0.255 e. The molecule has 0 aliphatic carbocycles. The number of nitrogens with zero attached hydrogens (tertiary/aromatic N) is 5. The minimum atomic E-state index is -0.334. The van der Waals surface area contributed by atoms with Gasteiger partial charge in [-0.15, -0.1) is 5.10 Å². The number of rotatable bonds is 6. The Morgan fingerprint density at radius 2 is 2.20 bits per heavy atom. The highest BCUT2D eigenvalue weighted by Gasteiger charge is 2.13. The first-order valence-electron chi connectivity index (χ1n) is 7.82. The fourth-order valence-corrected chi connectivity index (χ4v) is 2.56. The fraction of sp³-hybridized carbons (Fsp3) is 0.312. The molecule has 2 N–H and O–H groups in total. The minimum Gasteiger partial charge on any atom is -0.507 e. The van der Waals surface area contributed by atoms with Crippen molar-refractivity contribution in [3.8, 4) is 11.4 Å². The summed E-state index contributed by atoms with van der Waals surface area (Å²) in [6.07, 6.45) is 2.92. The van der Waals surface area contributed by atoms with Gasteiger partial charge in [-0.1, -0.05) is 5.16 Å². The zero-order valence-electron chi connectivity index (χ0n) is 13.9. The number of aromatic hydroxyl groups is 1. The van der Waals surface area contributed by atoms with Crippen LogP contribution in [0.5, 0.6) is 5.75 Å². The molecule has 1 amide bonds. The Bertz CT molecular complexity index is 853. The van der Waals surface area contributed by atoms with E-state index in [0.29, 0.717) is 12.2 Å². The van der Waals surface area contributed by atoms with Crippen molar-refractivity contribution in [1.29, 1.82) is 0 Å². The monoisotopic (exact) mass is 342 g/mol. The molecule has 3 rings (SSSR count). The normalized spacial score (nSPS) is 10.8. The summed E-state index contributed by atoms with van der Waals surface area (Å²) >= 11 is 0. The van der Waals surface area contributed by atoms with Gasteiger partial charge >= 0.3 is 0 Å². The van der Waals surface area contributed by atoms with E-state index >= 15 is 0 Å². The Balaban J connectivity index is 1.56. The van der Waals surface area contributed by atoms with Gasteiger partial charge in [-0.3, -0.25) is 4.79 Å². The van der Waals surface area contributed by atoms with Crippen LogP contribution in [0.3, 0.4) is 0 Å². The quantitative estimate of drug-likeness (QED) is 0.649. The third-order valence-corrected chi connectivity index (χ3v) is 3.91. The Morgan fingerprint density at radius 1 is 1.36 bits per heavy atom. The maximum absolute atomic E-state index is 12.2. The van der Waals surface area contributed by atoms with Crippen LogP contribution in [0.2, 0.25) is 0 Å². The molecule has 2 aromatic heterocycles. The fourth-order valence-electron chi connectivity index (χ4n) is 2.56. The van der Waals surface area contributed by atoms with E-state index in [9.17, 15) is 9.90 Å². The van der Waals surface area contributed by atoms with Gasteiger partial charge in [0.05, 0.1) is 16.9 Å².